The smallest absolute Gasteiger partial charge is 0.354 e. The first-order chi connectivity index (χ1) is 8.16. The molecule has 0 saturated carbocycles. The van der Waals surface area contributed by atoms with E-state index in [9.17, 15) is 9.90 Å². The standard InChI is InChI=1S/C12H8N2O3/c15-7-2-4-8-6(5-7)1-3-9-10(8)13-14-11(9)12(16)17/h1-5,15H,(H,13,14)(H,16,17). The second-order valence-corrected chi connectivity index (χ2v) is 3.77. The summed E-state index contributed by atoms with van der Waals surface area (Å²) in [6, 6.07) is 8.34. The van der Waals surface area contributed by atoms with Crippen molar-refractivity contribution >= 4 is 27.6 Å². The zero-order valence-corrected chi connectivity index (χ0v) is 8.64. The molecule has 5 nitrogen and oxygen atoms in total. The fourth-order valence-electron chi connectivity index (χ4n) is 1.96. The number of nitrogens with one attached hydrogen (secondary N) is 1. The Kier molecular flexibility index (Phi) is 1.82. The highest BCUT2D eigenvalue weighted by Gasteiger charge is 2.13. The minimum Gasteiger partial charge on any atom is -0.508 e. The predicted octanol–water partition coefficient (Wildman–Crippen LogP) is 2.12. The average Bonchev–Trinajstić information content (AvgIpc) is 2.72. The zero-order valence-electron chi connectivity index (χ0n) is 8.64. The van der Waals surface area contributed by atoms with Crippen LogP contribution in [0.25, 0.3) is 21.7 Å². The minimum absolute atomic E-state index is 0.0787. The fourth-order valence-corrected chi connectivity index (χ4v) is 1.96. The number of carbonyl (C=O) groups is 1. The van der Waals surface area contributed by atoms with Gasteiger partial charge in [0.2, 0.25) is 0 Å². The maximum absolute atomic E-state index is 11.0. The lowest BCUT2D eigenvalue weighted by molar-refractivity contribution is 0.0692. The number of hydrogen-bond acceptors (Lipinski definition) is 3. The Labute approximate surface area is 95.3 Å². The van der Waals surface area contributed by atoms with Gasteiger partial charge in [-0.2, -0.15) is 5.10 Å². The second kappa shape index (κ2) is 3.21. The van der Waals surface area contributed by atoms with Crippen molar-refractivity contribution in [2.75, 3.05) is 0 Å². The monoisotopic (exact) mass is 228 g/mol. The van der Waals surface area contributed by atoms with Crippen molar-refractivity contribution in [1.82, 2.24) is 10.2 Å². The summed E-state index contributed by atoms with van der Waals surface area (Å²) in [7, 11) is 0. The Morgan fingerprint density at radius 1 is 1.18 bits per heavy atom. The molecule has 0 spiro atoms. The molecule has 0 amide bonds. The third kappa shape index (κ3) is 1.32. The van der Waals surface area contributed by atoms with Gasteiger partial charge in [-0.3, -0.25) is 5.10 Å². The van der Waals surface area contributed by atoms with Gasteiger partial charge in [0.05, 0.1) is 0 Å². The second-order valence-electron chi connectivity index (χ2n) is 3.77. The van der Waals surface area contributed by atoms with Gasteiger partial charge in [-0.15, -0.1) is 0 Å². The van der Waals surface area contributed by atoms with Crippen molar-refractivity contribution in [2.45, 2.75) is 0 Å². The van der Waals surface area contributed by atoms with Crippen molar-refractivity contribution in [3.05, 3.63) is 36.0 Å². The van der Waals surface area contributed by atoms with Crippen LogP contribution in [0.2, 0.25) is 0 Å². The van der Waals surface area contributed by atoms with Crippen LogP contribution in [0.4, 0.5) is 0 Å². The number of phenols is 1. The van der Waals surface area contributed by atoms with E-state index in [0.29, 0.717) is 10.9 Å². The number of nitrogens with zero attached hydrogens (tertiary/aromatic N) is 1. The van der Waals surface area contributed by atoms with Crippen LogP contribution in [-0.4, -0.2) is 26.4 Å². The molecule has 84 valence electrons. The van der Waals surface area contributed by atoms with Crippen molar-refractivity contribution in [1.29, 1.82) is 0 Å². The third-order valence-corrected chi connectivity index (χ3v) is 2.74. The van der Waals surface area contributed by atoms with Crippen LogP contribution >= 0.6 is 0 Å². The number of aromatic hydroxyl groups is 1. The van der Waals surface area contributed by atoms with E-state index >= 15 is 0 Å². The van der Waals surface area contributed by atoms with E-state index < -0.39 is 5.97 Å². The number of aromatic amines is 1. The third-order valence-electron chi connectivity index (χ3n) is 2.74. The van der Waals surface area contributed by atoms with Gasteiger partial charge in [0.15, 0.2) is 5.69 Å². The van der Waals surface area contributed by atoms with E-state index in [-0.39, 0.29) is 11.4 Å². The van der Waals surface area contributed by atoms with Gasteiger partial charge in [-0.05, 0) is 29.7 Å². The largest absolute Gasteiger partial charge is 0.508 e. The molecule has 0 saturated heterocycles. The molecular formula is C12H8N2O3. The quantitative estimate of drug-likeness (QED) is 0.595. The van der Waals surface area contributed by atoms with Gasteiger partial charge in [0.25, 0.3) is 0 Å². The highest BCUT2D eigenvalue weighted by atomic mass is 16.4. The Balaban J connectivity index is 2.45. The van der Waals surface area contributed by atoms with Crippen LogP contribution in [-0.2, 0) is 0 Å². The van der Waals surface area contributed by atoms with Gasteiger partial charge in [0.1, 0.15) is 11.3 Å². The summed E-state index contributed by atoms with van der Waals surface area (Å²) in [5.41, 5.74) is 0.676. The molecule has 0 unspecified atom stereocenters. The van der Waals surface area contributed by atoms with E-state index in [1.807, 2.05) is 0 Å². The molecule has 0 aliphatic heterocycles. The summed E-state index contributed by atoms with van der Waals surface area (Å²) in [5.74, 6) is -0.864. The highest BCUT2D eigenvalue weighted by Crippen LogP contribution is 2.28. The molecular weight excluding hydrogens is 220 g/mol. The van der Waals surface area contributed by atoms with E-state index in [1.165, 1.54) is 0 Å². The topological polar surface area (TPSA) is 86.2 Å². The van der Waals surface area contributed by atoms with Gasteiger partial charge < -0.3 is 10.2 Å². The van der Waals surface area contributed by atoms with Gasteiger partial charge in [0, 0.05) is 10.8 Å². The first-order valence-electron chi connectivity index (χ1n) is 5.00. The molecule has 5 heteroatoms. The lowest BCUT2D eigenvalue weighted by Gasteiger charge is -1.99. The molecule has 3 rings (SSSR count). The van der Waals surface area contributed by atoms with Crippen LogP contribution < -0.4 is 0 Å². The molecule has 0 bridgehead atoms. The summed E-state index contributed by atoms with van der Waals surface area (Å²) in [5, 5.41) is 27.1. The van der Waals surface area contributed by atoms with Gasteiger partial charge >= 0.3 is 5.97 Å². The number of phenolic OH excluding ortho intramolecular Hbond substituents is 1. The first kappa shape index (κ1) is 9.65. The number of fused-ring (bicyclic) bond motifs is 3. The SMILES string of the molecule is O=C(O)c1[nH]nc2c1ccc1cc(O)ccc12. The first-order valence-corrected chi connectivity index (χ1v) is 5.00. The molecule has 17 heavy (non-hydrogen) atoms. The number of carboxylic acids is 1. The van der Waals surface area contributed by atoms with Crippen molar-refractivity contribution in [3.8, 4) is 5.75 Å². The van der Waals surface area contributed by atoms with E-state index in [4.69, 9.17) is 5.11 Å². The lowest BCUT2D eigenvalue weighted by atomic mass is 10.1. The van der Waals surface area contributed by atoms with E-state index in [2.05, 4.69) is 10.2 Å². The maximum atomic E-state index is 11.0. The molecule has 0 atom stereocenters. The summed E-state index contributed by atoms with van der Waals surface area (Å²) >= 11 is 0. The molecule has 2 aromatic carbocycles. The fraction of sp³-hybridized carbons (Fsp3) is 0. The number of aromatic nitrogens is 2. The Morgan fingerprint density at radius 2 is 1.94 bits per heavy atom. The Morgan fingerprint density at radius 3 is 2.71 bits per heavy atom. The molecule has 0 radical (unpaired) electrons. The normalized spacial score (nSPS) is 11.1. The molecule has 0 aliphatic carbocycles. The van der Waals surface area contributed by atoms with Gasteiger partial charge in [-0.1, -0.05) is 6.07 Å². The van der Waals surface area contributed by atoms with Crippen molar-refractivity contribution < 1.29 is 15.0 Å². The molecule has 1 heterocycles. The number of aromatic carboxylic acids is 1. The van der Waals surface area contributed by atoms with E-state index in [0.717, 1.165) is 10.8 Å². The number of benzene rings is 2. The van der Waals surface area contributed by atoms with Crippen molar-refractivity contribution in [3.63, 3.8) is 0 Å². The average molecular weight is 228 g/mol. The Bertz CT molecular complexity index is 746. The molecule has 0 fully saturated rings. The summed E-state index contributed by atoms with van der Waals surface area (Å²) in [6.07, 6.45) is 0. The molecule has 3 N–H and O–H groups in total. The van der Waals surface area contributed by atoms with Crippen LogP contribution in [0.15, 0.2) is 30.3 Å². The summed E-state index contributed by atoms with van der Waals surface area (Å²) < 4.78 is 0. The number of carboxylic acid groups (broad SMARTS) is 1. The van der Waals surface area contributed by atoms with E-state index in [1.54, 1.807) is 30.3 Å². The van der Waals surface area contributed by atoms with Crippen molar-refractivity contribution in [2.24, 2.45) is 0 Å². The number of H-pyrrole nitrogens is 1. The summed E-state index contributed by atoms with van der Waals surface area (Å²) in [4.78, 5) is 11.0. The predicted molar refractivity (Wildman–Crippen MR) is 62.2 cm³/mol. The Hall–Kier alpha value is -2.56. The molecule has 3 aromatic rings. The molecule has 1 aromatic heterocycles. The number of hydrogen-bond donors (Lipinski definition) is 3. The minimum atomic E-state index is -1.04. The highest BCUT2D eigenvalue weighted by molar-refractivity contribution is 6.11. The van der Waals surface area contributed by atoms with Crippen LogP contribution in [0, 0.1) is 0 Å². The number of rotatable bonds is 1. The van der Waals surface area contributed by atoms with Crippen LogP contribution in [0.3, 0.4) is 0 Å². The molecule has 0 aliphatic rings. The zero-order chi connectivity index (χ0) is 12.0. The van der Waals surface area contributed by atoms with Crippen LogP contribution in [0.5, 0.6) is 5.75 Å². The summed E-state index contributed by atoms with van der Waals surface area (Å²) in [6.45, 7) is 0. The maximum Gasteiger partial charge on any atom is 0.354 e. The van der Waals surface area contributed by atoms with Gasteiger partial charge in [-0.25, -0.2) is 4.79 Å². The van der Waals surface area contributed by atoms with Crippen LogP contribution in [0.1, 0.15) is 10.5 Å². The lowest BCUT2D eigenvalue weighted by Crippen LogP contribution is -1.96.